The normalized spacial score (nSPS) is 17.3. The average Bonchev–Trinajstić information content (AvgIpc) is 3.19. The van der Waals surface area contributed by atoms with E-state index in [9.17, 15) is 8.42 Å². The van der Waals surface area contributed by atoms with E-state index in [1.807, 2.05) is 13.0 Å². The Labute approximate surface area is 114 Å². The summed E-state index contributed by atoms with van der Waals surface area (Å²) < 4.78 is 26.5. The molecule has 1 unspecified atom stereocenters. The van der Waals surface area contributed by atoms with Crippen molar-refractivity contribution < 1.29 is 8.42 Å². The average molecular weight is 283 g/mol. The topological polar surface area (TPSA) is 71.1 Å². The zero-order valence-electron chi connectivity index (χ0n) is 11.2. The van der Waals surface area contributed by atoms with Gasteiger partial charge in [0.25, 0.3) is 0 Å². The standard InChI is InChI=1S/C13H21N3O2S/c1-11(12-4-2-7-14-10-12)16-19(17,18)9-3-8-15-13-5-6-13/h2,4,7,10-11,13,15-16H,3,5-6,8-9H2,1H3. The molecule has 2 N–H and O–H groups in total. The van der Waals surface area contributed by atoms with Gasteiger partial charge in [-0.25, -0.2) is 13.1 Å². The van der Waals surface area contributed by atoms with Gasteiger partial charge in [-0.05, 0) is 44.4 Å². The zero-order valence-corrected chi connectivity index (χ0v) is 12.0. The summed E-state index contributed by atoms with van der Waals surface area (Å²) in [6, 6.07) is 4.06. The third kappa shape index (κ3) is 5.26. The minimum atomic E-state index is -3.22. The van der Waals surface area contributed by atoms with Crippen molar-refractivity contribution >= 4 is 10.0 Å². The maximum Gasteiger partial charge on any atom is 0.212 e. The predicted molar refractivity (Wildman–Crippen MR) is 75.2 cm³/mol. The highest BCUT2D eigenvalue weighted by molar-refractivity contribution is 7.89. The van der Waals surface area contributed by atoms with Gasteiger partial charge in [0.15, 0.2) is 0 Å². The SMILES string of the molecule is CC(NS(=O)(=O)CCCNC1CC1)c1cccnc1. The molecular formula is C13H21N3O2S. The lowest BCUT2D eigenvalue weighted by atomic mass is 10.2. The van der Waals surface area contributed by atoms with Crippen LogP contribution in [0.1, 0.15) is 37.8 Å². The summed E-state index contributed by atoms with van der Waals surface area (Å²) in [5.41, 5.74) is 0.877. The molecule has 1 fully saturated rings. The van der Waals surface area contributed by atoms with Crippen molar-refractivity contribution in [3.05, 3.63) is 30.1 Å². The fourth-order valence-corrected chi connectivity index (χ4v) is 3.20. The number of nitrogens with zero attached hydrogens (tertiary/aromatic N) is 1. The second-order valence-corrected chi connectivity index (χ2v) is 6.90. The van der Waals surface area contributed by atoms with E-state index in [2.05, 4.69) is 15.0 Å². The number of hydrogen-bond acceptors (Lipinski definition) is 4. The van der Waals surface area contributed by atoms with Gasteiger partial charge in [-0.3, -0.25) is 4.98 Å². The van der Waals surface area contributed by atoms with Crippen molar-refractivity contribution in [2.24, 2.45) is 0 Å². The molecule has 1 aliphatic rings. The zero-order chi connectivity index (χ0) is 13.7. The highest BCUT2D eigenvalue weighted by Gasteiger charge is 2.20. The van der Waals surface area contributed by atoms with Gasteiger partial charge >= 0.3 is 0 Å². The van der Waals surface area contributed by atoms with Crippen LogP contribution in [0.25, 0.3) is 0 Å². The molecule has 1 aromatic rings. The fourth-order valence-electron chi connectivity index (χ4n) is 1.88. The third-order valence-corrected chi connectivity index (χ3v) is 4.68. The van der Waals surface area contributed by atoms with Crippen LogP contribution >= 0.6 is 0 Å². The summed E-state index contributed by atoms with van der Waals surface area (Å²) in [5, 5.41) is 3.31. The van der Waals surface area contributed by atoms with Crippen molar-refractivity contribution in [3.8, 4) is 0 Å². The summed E-state index contributed by atoms with van der Waals surface area (Å²) in [5.74, 6) is 0.164. The Bertz CT molecular complexity index is 486. The van der Waals surface area contributed by atoms with E-state index in [0.717, 1.165) is 12.1 Å². The van der Waals surface area contributed by atoms with E-state index < -0.39 is 10.0 Å². The number of pyridine rings is 1. The summed E-state index contributed by atoms with van der Waals surface area (Å²) in [7, 11) is -3.22. The molecule has 0 amide bonds. The van der Waals surface area contributed by atoms with E-state index in [-0.39, 0.29) is 11.8 Å². The first kappa shape index (κ1) is 14.4. The molecule has 0 bridgehead atoms. The Morgan fingerprint density at radius 2 is 2.26 bits per heavy atom. The minimum Gasteiger partial charge on any atom is -0.314 e. The molecule has 1 aromatic heterocycles. The van der Waals surface area contributed by atoms with Gasteiger partial charge in [0.2, 0.25) is 10.0 Å². The highest BCUT2D eigenvalue weighted by Crippen LogP contribution is 2.18. The van der Waals surface area contributed by atoms with Crippen LogP contribution in [-0.2, 0) is 10.0 Å². The minimum absolute atomic E-state index is 0.164. The molecule has 106 valence electrons. The fraction of sp³-hybridized carbons (Fsp3) is 0.615. The first-order valence-electron chi connectivity index (χ1n) is 6.70. The molecule has 5 nitrogen and oxygen atoms in total. The van der Waals surface area contributed by atoms with Gasteiger partial charge in [-0.2, -0.15) is 0 Å². The molecular weight excluding hydrogens is 262 g/mol. The van der Waals surface area contributed by atoms with Crippen LogP contribution in [0.2, 0.25) is 0 Å². The van der Waals surface area contributed by atoms with Gasteiger partial charge < -0.3 is 5.32 Å². The monoisotopic (exact) mass is 283 g/mol. The van der Waals surface area contributed by atoms with Crippen LogP contribution in [-0.4, -0.2) is 31.7 Å². The van der Waals surface area contributed by atoms with Gasteiger partial charge in [-0.15, -0.1) is 0 Å². The summed E-state index contributed by atoms with van der Waals surface area (Å²) in [6.45, 7) is 2.60. The van der Waals surface area contributed by atoms with Crippen LogP contribution in [0.15, 0.2) is 24.5 Å². The third-order valence-electron chi connectivity index (χ3n) is 3.14. The number of rotatable bonds is 8. The number of hydrogen-bond donors (Lipinski definition) is 2. The summed E-state index contributed by atoms with van der Waals surface area (Å²) in [4.78, 5) is 3.99. The van der Waals surface area contributed by atoms with Gasteiger partial charge in [0.1, 0.15) is 0 Å². The molecule has 19 heavy (non-hydrogen) atoms. The maximum atomic E-state index is 11.9. The molecule has 1 atom stereocenters. The summed E-state index contributed by atoms with van der Waals surface area (Å²) >= 11 is 0. The van der Waals surface area contributed by atoms with E-state index in [1.54, 1.807) is 18.5 Å². The van der Waals surface area contributed by atoms with E-state index in [0.29, 0.717) is 12.5 Å². The van der Waals surface area contributed by atoms with Gasteiger partial charge in [0.05, 0.1) is 5.75 Å². The van der Waals surface area contributed by atoms with Crippen LogP contribution in [0.3, 0.4) is 0 Å². The highest BCUT2D eigenvalue weighted by atomic mass is 32.2. The predicted octanol–water partition coefficient (Wildman–Crippen LogP) is 1.20. The van der Waals surface area contributed by atoms with Crippen molar-refractivity contribution in [1.82, 2.24) is 15.0 Å². The molecule has 0 aliphatic heterocycles. The second kappa shape index (κ2) is 6.45. The lowest BCUT2D eigenvalue weighted by molar-refractivity contribution is 0.560. The lowest BCUT2D eigenvalue weighted by Gasteiger charge is -2.14. The quantitative estimate of drug-likeness (QED) is 0.703. The molecule has 6 heteroatoms. The smallest absolute Gasteiger partial charge is 0.212 e. The maximum absolute atomic E-state index is 11.9. The lowest BCUT2D eigenvalue weighted by Crippen LogP contribution is -2.30. The van der Waals surface area contributed by atoms with E-state index in [4.69, 9.17) is 0 Å². The van der Waals surface area contributed by atoms with Crippen molar-refractivity contribution in [2.75, 3.05) is 12.3 Å². The van der Waals surface area contributed by atoms with Crippen molar-refractivity contribution in [2.45, 2.75) is 38.3 Å². The number of nitrogens with one attached hydrogen (secondary N) is 2. The molecule has 1 saturated carbocycles. The number of sulfonamides is 1. The molecule has 0 aromatic carbocycles. The molecule has 0 spiro atoms. The van der Waals surface area contributed by atoms with Crippen molar-refractivity contribution in [3.63, 3.8) is 0 Å². The Hall–Kier alpha value is -0.980. The first-order valence-corrected chi connectivity index (χ1v) is 8.35. The Morgan fingerprint density at radius 3 is 2.89 bits per heavy atom. The molecule has 0 radical (unpaired) electrons. The molecule has 0 saturated heterocycles. The Balaban J connectivity index is 1.75. The summed E-state index contributed by atoms with van der Waals surface area (Å²) in [6.07, 6.45) is 6.45. The van der Waals surface area contributed by atoms with Crippen LogP contribution < -0.4 is 10.0 Å². The van der Waals surface area contributed by atoms with Crippen LogP contribution in [0.4, 0.5) is 0 Å². The van der Waals surface area contributed by atoms with Crippen molar-refractivity contribution in [1.29, 1.82) is 0 Å². The van der Waals surface area contributed by atoms with Crippen LogP contribution in [0, 0.1) is 0 Å². The van der Waals surface area contributed by atoms with Crippen LogP contribution in [0.5, 0.6) is 0 Å². The number of aromatic nitrogens is 1. The Morgan fingerprint density at radius 1 is 1.47 bits per heavy atom. The van der Waals surface area contributed by atoms with E-state index in [1.165, 1.54) is 12.8 Å². The largest absolute Gasteiger partial charge is 0.314 e. The molecule has 2 rings (SSSR count). The van der Waals surface area contributed by atoms with Gasteiger partial charge in [-0.1, -0.05) is 6.07 Å². The van der Waals surface area contributed by atoms with E-state index >= 15 is 0 Å². The van der Waals surface area contributed by atoms with Gasteiger partial charge in [0, 0.05) is 24.5 Å². The first-order chi connectivity index (χ1) is 9.07. The second-order valence-electron chi connectivity index (χ2n) is 5.03. The Kier molecular flexibility index (Phi) is 4.90. The molecule has 1 heterocycles. The molecule has 1 aliphatic carbocycles.